The maximum Gasteiger partial charge on any atom is 0.167 e. The number of rotatable bonds is 5. The highest BCUT2D eigenvalue weighted by molar-refractivity contribution is 5.59. The Morgan fingerprint density at radius 3 is 2.29 bits per heavy atom. The monoisotopic (exact) mass is 467 g/mol. The van der Waals surface area contributed by atoms with E-state index >= 15 is 0 Å². The zero-order chi connectivity index (χ0) is 24.2. The number of hydrogen-bond acceptors (Lipinski definition) is 6. The summed E-state index contributed by atoms with van der Waals surface area (Å²) in [5.41, 5.74) is 4.91. The van der Waals surface area contributed by atoms with Crippen LogP contribution in [0.3, 0.4) is 0 Å². The number of nitrogens with zero attached hydrogens (tertiary/aromatic N) is 5. The van der Waals surface area contributed by atoms with Gasteiger partial charge in [0, 0.05) is 67.0 Å². The van der Waals surface area contributed by atoms with Gasteiger partial charge >= 0.3 is 0 Å². The lowest BCUT2D eigenvalue weighted by Gasteiger charge is -2.34. The minimum Gasteiger partial charge on any atom is -0.385 e. The van der Waals surface area contributed by atoms with Gasteiger partial charge in [-0.3, -0.25) is 0 Å². The van der Waals surface area contributed by atoms with Crippen LogP contribution in [0.5, 0.6) is 0 Å². The summed E-state index contributed by atoms with van der Waals surface area (Å²) in [5.74, 6) is 7.80. The van der Waals surface area contributed by atoms with Gasteiger partial charge in [0.2, 0.25) is 0 Å². The lowest BCUT2D eigenvalue weighted by Crippen LogP contribution is -2.44. The molecule has 1 aliphatic rings. The molecule has 0 unspecified atom stereocenters. The largest absolute Gasteiger partial charge is 0.385 e. The number of hydrogen-bond donors (Lipinski definition) is 1. The fourth-order valence-electron chi connectivity index (χ4n) is 4.20. The van der Waals surface area contributed by atoms with Crippen LogP contribution in [-0.2, 0) is 6.54 Å². The lowest BCUT2D eigenvalue weighted by molar-refractivity contribution is 0.184. The van der Waals surface area contributed by atoms with Gasteiger partial charge in [0.25, 0.3) is 0 Å². The van der Waals surface area contributed by atoms with Crippen molar-refractivity contribution in [1.29, 1.82) is 0 Å². The average molecular weight is 468 g/mol. The maximum atomic E-state index is 9.83. The second kappa shape index (κ2) is 10.2. The third-order valence-corrected chi connectivity index (χ3v) is 6.27. The topological polar surface area (TPSA) is 70.6 Å². The molecule has 7 nitrogen and oxygen atoms in total. The summed E-state index contributed by atoms with van der Waals surface area (Å²) < 4.78 is 7.41. The van der Waals surface area contributed by atoms with Crippen LogP contribution in [0.4, 0.5) is 5.69 Å². The van der Waals surface area contributed by atoms with Crippen molar-refractivity contribution < 1.29 is 9.63 Å². The van der Waals surface area contributed by atoms with Crippen molar-refractivity contribution in [2.24, 2.45) is 0 Å². The van der Waals surface area contributed by atoms with Crippen LogP contribution in [-0.4, -0.2) is 57.9 Å². The van der Waals surface area contributed by atoms with Gasteiger partial charge in [-0.05, 0) is 62.5 Å². The molecule has 178 valence electrons. The zero-order valence-electron chi connectivity index (χ0n) is 20.1. The molecule has 1 atom stereocenters. The first-order chi connectivity index (χ1) is 17.0. The average Bonchev–Trinajstić information content (AvgIpc) is 3.54. The van der Waals surface area contributed by atoms with Crippen LogP contribution in [0.15, 0.2) is 71.5 Å². The minimum absolute atomic E-state index is 0.487. The molecule has 5 rings (SSSR count). The summed E-state index contributed by atoms with van der Waals surface area (Å²) >= 11 is 0. The number of benzene rings is 2. The van der Waals surface area contributed by atoms with E-state index in [2.05, 4.69) is 63.1 Å². The number of aliphatic hydroxyl groups excluding tert-OH is 1. The first kappa shape index (κ1) is 22.9. The fourth-order valence-corrected chi connectivity index (χ4v) is 4.20. The highest BCUT2D eigenvalue weighted by Crippen LogP contribution is 2.22. The summed E-state index contributed by atoms with van der Waals surface area (Å²) in [7, 11) is 2.17. The van der Waals surface area contributed by atoms with Crippen molar-refractivity contribution in [1.82, 2.24) is 19.6 Å². The maximum absolute atomic E-state index is 9.83. The molecule has 0 bridgehead atoms. The van der Waals surface area contributed by atoms with Gasteiger partial charge in [-0.2, -0.15) is 0 Å². The number of aromatic nitrogens is 3. The van der Waals surface area contributed by atoms with Gasteiger partial charge < -0.3 is 24.0 Å². The molecule has 35 heavy (non-hydrogen) atoms. The van der Waals surface area contributed by atoms with Gasteiger partial charge in [-0.15, -0.1) is 0 Å². The standard InChI is InChI=1S/C28H29N5O2/c1-21(34)28-29-13-14-33(28)20-25-19-27(35-30-25)24-9-5-22(6-10-24)3-4-23-7-11-26(12-8-23)32-17-15-31(2)16-18-32/h5-14,19,21,34H,15-18,20H2,1-2H3/t21-/m0/s1. The number of aliphatic hydroxyl groups is 1. The predicted octanol–water partition coefficient (Wildman–Crippen LogP) is 3.79. The smallest absolute Gasteiger partial charge is 0.167 e. The lowest BCUT2D eigenvalue weighted by atomic mass is 10.1. The number of likely N-dealkylation sites (N-methyl/N-ethyl adjacent to an activating group) is 1. The first-order valence-corrected chi connectivity index (χ1v) is 11.9. The molecule has 1 fully saturated rings. The van der Waals surface area contributed by atoms with Crippen LogP contribution in [0.2, 0.25) is 0 Å². The van der Waals surface area contributed by atoms with E-state index in [-0.39, 0.29) is 0 Å². The zero-order valence-corrected chi connectivity index (χ0v) is 20.1. The molecule has 1 saturated heterocycles. The molecule has 1 aliphatic heterocycles. The van der Waals surface area contributed by atoms with Crippen molar-refractivity contribution in [3.63, 3.8) is 0 Å². The Morgan fingerprint density at radius 1 is 0.971 bits per heavy atom. The number of piperazine rings is 1. The van der Waals surface area contributed by atoms with Gasteiger partial charge in [0.15, 0.2) is 5.76 Å². The Kier molecular flexibility index (Phi) is 6.66. The third-order valence-electron chi connectivity index (χ3n) is 6.27. The van der Waals surface area contributed by atoms with Crippen molar-refractivity contribution in [3.05, 3.63) is 89.6 Å². The minimum atomic E-state index is -0.639. The quantitative estimate of drug-likeness (QED) is 0.451. The number of imidazole rings is 1. The van der Waals surface area contributed by atoms with E-state index in [1.54, 1.807) is 13.1 Å². The molecule has 4 aromatic rings. The molecule has 0 radical (unpaired) electrons. The van der Waals surface area contributed by atoms with E-state index in [1.165, 1.54) is 5.69 Å². The van der Waals surface area contributed by atoms with E-state index in [4.69, 9.17) is 4.52 Å². The van der Waals surface area contributed by atoms with Crippen LogP contribution in [0, 0.1) is 11.8 Å². The summed E-state index contributed by atoms with van der Waals surface area (Å²) in [6, 6.07) is 18.4. The van der Waals surface area contributed by atoms with Gasteiger partial charge in [-0.1, -0.05) is 17.0 Å². The van der Waals surface area contributed by atoms with E-state index in [1.807, 2.05) is 41.1 Å². The Morgan fingerprint density at radius 2 is 1.63 bits per heavy atom. The normalized spacial score (nSPS) is 15.0. The van der Waals surface area contributed by atoms with Crippen molar-refractivity contribution in [2.75, 3.05) is 38.1 Å². The van der Waals surface area contributed by atoms with Gasteiger partial charge in [-0.25, -0.2) is 4.98 Å². The molecule has 1 N–H and O–H groups in total. The second-order valence-electron chi connectivity index (χ2n) is 8.94. The molecule has 0 aliphatic carbocycles. The van der Waals surface area contributed by atoms with Crippen LogP contribution in [0.1, 0.15) is 35.7 Å². The summed E-state index contributed by atoms with van der Waals surface area (Å²) in [5, 5.41) is 14.0. The molecule has 0 spiro atoms. The first-order valence-electron chi connectivity index (χ1n) is 11.9. The summed E-state index contributed by atoms with van der Waals surface area (Å²) in [4.78, 5) is 8.97. The van der Waals surface area contributed by atoms with Gasteiger partial charge in [0.05, 0.1) is 6.54 Å². The summed E-state index contributed by atoms with van der Waals surface area (Å²) in [6.07, 6.45) is 2.86. The molecule has 7 heteroatoms. The highest BCUT2D eigenvalue weighted by atomic mass is 16.5. The Labute approximate surface area is 205 Å². The van der Waals surface area contributed by atoms with Crippen molar-refractivity contribution >= 4 is 5.69 Å². The SMILES string of the molecule is C[C@H](O)c1nccn1Cc1cc(-c2ccc(C#Cc3ccc(N4CCN(C)CC4)cc3)cc2)on1. The Balaban J connectivity index is 1.22. The van der Waals surface area contributed by atoms with Crippen molar-refractivity contribution in [3.8, 4) is 23.2 Å². The van der Waals surface area contributed by atoms with Crippen LogP contribution in [0.25, 0.3) is 11.3 Å². The molecule has 0 saturated carbocycles. The van der Waals surface area contributed by atoms with Crippen LogP contribution < -0.4 is 4.90 Å². The molecule has 3 heterocycles. The molecule has 2 aromatic heterocycles. The van der Waals surface area contributed by atoms with Crippen LogP contribution >= 0.6 is 0 Å². The van der Waals surface area contributed by atoms with E-state index < -0.39 is 6.10 Å². The fraction of sp³-hybridized carbons (Fsp3) is 0.286. The molecular formula is C28H29N5O2. The second-order valence-corrected chi connectivity index (χ2v) is 8.94. The van der Waals surface area contributed by atoms with E-state index in [9.17, 15) is 5.11 Å². The van der Waals surface area contributed by atoms with Crippen molar-refractivity contribution in [2.45, 2.75) is 19.6 Å². The predicted molar refractivity (Wildman–Crippen MR) is 136 cm³/mol. The number of anilines is 1. The van der Waals surface area contributed by atoms with Gasteiger partial charge in [0.1, 0.15) is 17.6 Å². The third kappa shape index (κ3) is 5.46. The molecule has 2 aromatic carbocycles. The Bertz CT molecular complexity index is 1320. The molecule has 0 amide bonds. The summed E-state index contributed by atoms with van der Waals surface area (Å²) in [6.45, 7) is 6.50. The molecular weight excluding hydrogens is 438 g/mol. The van der Waals surface area contributed by atoms with E-state index in [0.29, 0.717) is 18.1 Å². The highest BCUT2D eigenvalue weighted by Gasteiger charge is 2.14. The Hall–Kier alpha value is -3.86. The van der Waals surface area contributed by atoms with E-state index in [0.717, 1.165) is 48.6 Å².